The van der Waals surface area contributed by atoms with Crippen LogP contribution in [0.25, 0.3) is 0 Å². The van der Waals surface area contributed by atoms with E-state index in [0.29, 0.717) is 37.3 Å². The first-order chi connectivity index (χ1) is 11.6. The summed E-state index contributed by atoms with van der Waals surface area (Å²) in [7, 11) is 0. The Kier molecular flexibility index (Phi) is 4.93. The lowest BCUT2D eigenvalue weighted by molar-refractivity contribution is -0.126. The molecule has 1 aromatic heterocycles. The minimum absolute atomic E-state index is 0.0941. The number of halogens is 1. The van der Waals surface area contributed by atoms with Crippen LogP contribution < -0.4 is 5.32 Å². The molecule has 3 rings (SSSR count). The third-order valence-corrected chi connectivity index (χ3v) is 4.30. The highest BCUT2D eigenvalue weighted by atomic mass is 19.1. The molecular weight excluding hydrogens is 311 g/mol. The van der Waals surface area contributed by atoms with Gasteiger partial charge in [0.15, 0.2) is 5.76 Å². The van der Waals surface area contributed by atoms with Crippen LogP contribution in [0.3, 0.4) is 0 Å². The van der Waals surface area contributed by atoms with Gasteiger partial charge in [0.2, 0.25) is 5.91 Å². The van der Waals surface area contributed by atoms with Gasteiger partial charge in [-0.25, -0.2) is 4.39 Å². The lowest BCUT2D eigenvalue weighted by atomic mass is 9.95. The number of hydrogen-bond acceptors (Lipinski definition) is 3. The monoisotopic (exact) mass is 330 g/mol. The van der Waals surface area contributed by atoms with E-state index in [1.165, 1.54) is 12.3 Å². The molecular formula is C18H19FN2O3. The molecule has 1 saturated heterocycles. The number of rotatable bonds is 4. The highest BCUT2D eigenvalue weighted by molar-refractivity contribution is 5.91. The maximum absolute atomic E-state index is 13.6. The van der Waals surface area contributed by atoms with Gasteiger partial charge in [-0.3, -0.25) is 9.59 Å². The van der Waals surface area contributed by atoms with Crippen LogP contribution >= 0.6 is 0 Å². The summed E-state index contributed by atoms with van der Waals surface area (Å²) in [5.41, 5.74) is 0.469. The second kappa shape index (κ2) is 7.29. The van der Waals surface area contributed by atoms with E-state index in [-0.39, 0.29) is 30.1 Å². The van der Waals surface area contributed by atoms with Crippen LogP contribution in [-0.2, 0) is 11.3 Å². The first-order valence-electron chi connectivity index (χ1n) is 7.99. The smallest absolute Gasteiger partial charge is 0.289 e. The summed E-state index contributed by atoms with van der Waals surface area (Å²) in [6, 6.07) is 9.70. The van der Waals surface area contributed by atoms with Gasteiger partial charge < -0.3 is 14.6 Å². The van der Waals surface area contributed by atoms with Crippen LogP contribution in [0.15, 0.2) is 47.1 Å². The molecule has 0 atom stereocenters. The molecule has 0 bridgehead atoms. The van der Waals surface area contributed by atoms with Crippen molar-refractivity contribution in [1.29, 1.82) is 0 Å². The Balaban J connectivity index is 1.48. The number of carbonyl (C=O) groups excluding carboxylic acids is 2. The van der Waals surface area contributed by atoms with Crippen molar-refractivity contribution >= 4 is 11.8 Å². The van der Waals surface area contributed by atoms with Crippen LogP contribution in [0.1, 0.15) is 29.0 Å². The van der Waals surface area contributed by atoms with Crippen LogP contribution in [-0.4, -0.2) is 29.8 Å². The molecule has 1 aliphatic heterocycles. The molecule has 0 aliphatic carbocycles. The maximum Gasteiger partial charge on any atom is 0.289 e. The van der Waals surface area contributed by atoms with E-state index in [4.69, 9.17) is 4.42 Å². The van der Waals surface area contributed by atoms with Crippen molar-refractivity contribution in [3.63, 3.8) is 0 Å². The molecule has 0 spiro atoms. The fraction of sp³-hybridized carbons (Fsp3) is 0.333. The second-order valence-electron chi connectivity index (χ2n) is 5.85. The predicted octanol–water partition coefficient (Wildman–Crippen LogP) is 2.59. The zero-order chi connectivity index (χ0) is 16.9. The van der Waals surface area contributed by atoms with E-state index in [2.05, 4.69) is 5.32 Å². The molecule has 1 N–H and O–H groups in total. The SMILES string of the molecule is O=C(NCc1ccccc1F)C1CCN(C(=O)c2ccco2)CC1. The quantitative estimate of drug-likeness (QED) is 0.937. The Hall–Kier alpha value is -2.63. The number of nitrogens with one attached hydrogen (secondary N) is 1. The minimum Gasteiger partial charge on any atom is -0.459 e. The van der Waals surface area contributed by atoms with Gasteiger partial charge in [0, 0.05) is 31.1 Å². The number of amides is 2. The first-order valence-corrected chi connectivity index (χ1v) is 7.99. The van der Waals surface area contributed by atoms with Gasteiger partial charge in [-0.1, -0.05) is 18.2 Å². The Bertz CT molecular complexity index is 707. The van der Waals surface area contributed by atoms with Gasteiger partial charge >= 0.3 is 0 Å². The van der Waals surface area contributed by atoms with Gasteiger partial charge in [-0.2, -0.15) is 0 Å². The van der Waals surface area contributed by atoms with E-state index < -0.39 is 0 Å². The number of benzene rings is 1. The second-order valence-corrected chi connectivity index (χ2v) is 5.85. The maximum atomic E-state index is 13.6. The predicted molar refractivity (Wildman–Crippen MR) is 85.6 cm³/mol. The summed E-state index contributed by atoms with van der Waals surface area (Å²) in [6.07, 6.45) is 2.65. The number of carbonyl (C=O) groups is 2. The highest BCUT2D eigenvalue weighted by Crippen LogP contribution is 2.19. The van der Waals surface area contributed by atoms with Crippen molar-refractivity contribution in [3.8, 4) is 0 Å². The van der Waals surface area contributed by atoms with Crippen LogP contribution in [0.4, 0.5) is 4.39 Å². The molecule has 6 heteroatoms. The standard InChI is InChI=1S/C18H19FN2O3/c19-15-5-2-1-4-14(15)12-20-17(22)13-7-9-21(10-8-13)18(23)16-6-3-11-24-16/h1-6,11,13H,7-10,12H2,(H,20,22). The van der Waals surface area contributed by atoms with Crippen LogP contribution in [0.2, 0.25) is 0 Å². The molecule has 1 fully saturated rings. The number of likely N-dealkylation sites (tertiary alicyclic amines) is 1. The third kappa shape index (κ3) is 3.64. The highest BCUT2D eigenvalue weighted by Gasteiger charge is 2.28. The zero-order valence-electron chi connectivity index (χ0n) is 13.2. The van der Waals surface area contributed by atoms with E-state index in [1.54, 1.807) is 35.2 Å². The first kappa shape index (κ1) is 16.2. The molecule has 5 nitrogen and oxygen atoms in total. The molecule has 1 aliphatic rings. The summed E-state index contributed by atoms with van der Waals surface area (Å²) in [5.74, 6) is -0.403. The summed E-state index contributed by atoms with van der Waals surface area (Å²) in [5, 5.41) is 2.78. The fourth-order valence-corrected chi connectivity index (χ4v) is 2.87. The number of hydrogen-bond donors (Lipinski definition) is 1. The Morgan fingerprint density at radius 3 is 2.58 bits per heavy atom. The Morgan fingerprint density at radius 2 is 1.92 bits per heavy atom. The van der Waals surface area contributed by atoms with Crippen LogP contribution in [0, 0.1) is 11.7 Å². The normalized spacial score (nSPS) is 15.3. The van der Waals surface area contributed by atoms with E-state index in [9.17, 15) is 14.0 Å². The number of nitrogens with zero attached hydrogens (tertiary/aromatic N) is 1. The summed E-state index contributed by atoms with van der Waals surface area (Å²) < 4.78 is 18.7. The van der Waals surface area contributed by atoms with Gasteiger partial charge in [0.1, 0.15) is 5.82 Å². The number of furan rings is 1. The topological polar surface area (TPSA) is 62.6 Å². The van der Waals surface area contributed by atoms with Gasteiger partial charge in [0.25, 0.3) is 5.91 Å². The van der Waals surface area contributed by atoms with Gasteiger partial charge in [-0.15, -0.1) is 0 Å². The Morgan fingerprint density at radius 1 is 1.17 bits per heavy atom. The lowest BCUT2D eigenvalue weighted by Crippen LogP contribution is -2.42. The molecule has 0 radical (unpaired) electrons. The summed E-state index contributed by atoms with van der Waals surface area (Å²) in [6.45, 7) is 1.20. The van der Waals surface area contributed by atoms with Gasteiger partial charge in [-0.05, 0) is 31.0 Å². The van der Waals surface area contributed by atoms with E-state index in [1.807, 2.05) is 0 Å². The summed E-state index contributed by atoms with van der Waals surface area (Å²) >= 11 is 0. The average Bonchev–Trinajstić information content (AvgIpc) is 3.15. The summed E-state index contributed by atoms with van der Waals surface area (Å²) in [4.78, 5) is 26.1. The molecule has 0 saturated carbocycles. The molecule has 126 valence electrons. The largest absolute Gasteiger partial charge is 0.459 e. The molecule has 1 aromatic carbocycles. The van der Waals surface area contributed by atoms with Crippen molar-refractivity contribution in [3.05, 3.63) is 59.8 Å². The van der Waals surface area contributed by atoms with Crippen molar-refractivity contribution < 1.29 is 18.4 Å². The van der Waals surface area contributed by atoms with Crippen molar-refractivity contribution in [1.82, 2.24) is 10.2 Å². The molecule has 2 aromatic rings. The van der Waals surface area contributed by atoms with E-state index >= 15 is 0 Å². The molecule has 2 amide bonds. The average molecular weight is 330 g/mol. The fourth-order valence-electron chi connectivity index (χ4n) is 2.87. The minimum atomic E-state index is -0.323. The van der Waals surface area contributed by atoms with Crippen molar-refractivity contribution in [2.75, 3.05) is 13.1 Å². The van der Waals surface area contributed by atoms with Crippen molar-refractivity contribution in [2.45, 2.75) is 19.4 Å². The molecule has 0 unspecified atom stereocenters. The van der Waals surface area contributed by atoms with Gasteiger partial charge in [0.05, 0.1) is 6.26 Å². The third-order valence-electron chi connectivity index (χ3n) is 4.30. The zero-order valence-corrected chi connectivity index (χ0v) is 13.2. The van der Waals surface area contributed by atoms with E-state index in [0.717, 1.165) is 0 Å². The van der Waals surface area contributed by atoms with Crippen molar-refractivity contribution in [2.24, 2.45) is 5.92 Å². The Labute approximate surface area is 139 Å². The lowest BCUT2D eigenvalue weighted by Gasteiger charge is -2.30. The molecule has 24 heavy (non-hydrogen) atoms. The number of piperidine rings is 1. The molecule has 2 heterocycles. The van der Waals surface area contributed by atoms with Crippen LogP contribution in [0.5, 0.6) is 0 Å².